The number of amides is 1. The van der Waals surface area contributed by atoms with E-state index >= 15 is 0 Å². The van der Waals surface area contributed by atoms with E-state index in [9.17, 15) is 18.0 Å². The van der Waals surface area contributed by atoms with Crippen LogP contribution in [0.4, 0.5) is 18.9 Å². The van der Waals surface area contributed by atoms with E-state index in [1.165, 1.54) is 11.0 Å². The number of halogens is 3. The Morgan fingerprint density at radius 3 is 2.54 bits per heavy atom. The molecule has 4 aliphatic rings. The van der Waals surface area contributed by atoms with Crippen LogP contribution in [0, 0.1) is 5.41 Å². The molecule has 1 amide bonds. The normalized spacial score (nSPS) is 21.6. The number of hydrogen-bond acceptors (Lipinski definition) is 6. The van der Waals surface area contributed by atoms with Gasteiger partial charge in [0.25, 0.3) is 5.91 Å². The van der Waals surface area contributed by atoms with Gasteiger partial charge in [-0.05, 0) is 72.3 Å². The number of ether oxygens (including phenoxy) is 1. The molecule has 5 heterocycles. The van der Waals surface area contributed by atoms with Crippen molar-refractivity contribution in [3.63, 3.8) is 0 Å². The lowest BCUT2D eigenvalue weighted by Crippen LogP contribution is -2.59. The third-order valence-electron chi connectivity index (χ3n) is 9.42. The molecule has 216 valence electrons. The number of carbonyl (C=O) groups is 1. The molecule has 11 heteroatoms. The maximum atomic E-state index is 14.3. The Morgan fingerprint density at radius 1 is 1.10 bits per heavy atom. The van der Waals surface area contributed by atoms with E-state index in [1.807, 2.05) is 29.8 Å². The van der Waals surface area contributed by atoms with Crippen molar-refractivity contribution in [2.75, 3.05) is 44.3 Å². The number of aryl methyl sites for hydroxylation is 1. The lowest BCUT2D eigenvalue weighted by Gasteiger charge is -2.52. The highest BCUT2D eigenvalue weighted by Crippen LogP contribution is 2.43. The first-order chi connectivity index (χ1) is 19.6. The molecule has 0 bridgehead atoms. The maximum Gasteiger partial charge on any atom is 0.416 e. The highest BCUT2D eigenvalue weighted by atomic mass is 19.4. The van der Waals surface area contributed by atoms with Gasteiger partial charge >= 0.3 is 6.18 Å². The summed E-state index contributed by atoms with van der Waals surface area (Å²) in [7, 11) is 1.89. The van der Waals surface area contributed by atoms with Crippen LogP contribution in [0.3, 0.4) is 0 Å². The lowest BCUT2D eigenvalue weighted by atomic mass is 9.72. The van der Waals surface area contributed by atoms with Crippen LogP contribution in [0.5, 0.6) is 0 Å². The number of benzene rings is 2. The van der Waals surface area contributed by atoms with Gasteiger partial charge in [0.1, 0.15) is 12.2 Å². The zero-order chi connectivity index (χ0) is 28.4. The fourth-order valence-electron chi connectivity index (χ4n) is 7.06. The van der Waals surface area contributed by atoms with Crippen molar-refractivity contribution in [2.24, 2.45) is 12.5 Å². The molecule has 1 N–H and O–H groups in total. The fraction of sp³-hybridized carbons (Fsp3) is 0.500. The van der Waals surface area contributed by atoms with E-state index in [1.54, 1.807) is 18.5 Å². The topological polar surface area (TPSA) is 75.5 Å². The molecule has 3 fully saturated rings. The largest absolute Gasteiger partial charge is 0.416 e. The van der Waals surface area contributed by atoms with Gasteiger partial charge in [-0.3, -0.25) is 9.69 Å². The standard InChI is InChI=1S/C30H33F3N6O2/c1-37-19-35-36-26(37)12-29(17-41-18-29)21-3-2-4-22(11-21)39-14-24-23(27(39)40)9-20(10-25(24)30(31,32)33)13-38-15-28(16-38)5-7-34-8-6-28/h2-4,9-11,19,34H,5-8,12-18H2,1H3. The minimum atomic E-state index is -4.55. The van der Waals surface area contributed by atoms with E-state index < -0.39 is 17.6 Å². The van der Waals surface area contributed by atoms with E-state index in [-0.39, 0.29) is 28.5 Å². The van der Waals surface area contributed by atoms with Crippen molar-refractivity contribution in [3.8, 4) is 0 Å². The van der Waals surface area contributed by atoms with Gasteiger partial charge in [-0.25, -0.2) is 0 Å². The number of nitrogens with zero attached hydrogens (tertiary/aromatic N) is 5. The Kier molecular flexibility index (Phi) is 6.26. The van der Waals surface area contributed by atoms with Gasteiger partial charge in [-0.15, -0.1) is 10.2 Å². The molecule has 41 heavy (non-hydrogen) atoms. The second-order valence-corrected chi connectivity index (χ2v) is 12.3. The summed E-state index contributed by atoms with van der Waals surface area (Å²) in [6, 6.07) is 10.5. The van der Waals surface area contributed by atoms with Crippen LogP contribution in [-0.4, -0.2) is 65.0 Å². The number of hydrogen-bond donors (Lipinski definition) is 1. The predicted octanol–water partition coefficient (Wildman–Crippen LogP) is 3.69. The summed E-state index contributed by atoms with van der Waals surface area (Å²) >= 11 is 0. The molecule has 0 radical (unpaired) electrons. The Labute approximate surface area is 236 Å². The number of carbonyl (C=O) groups excluding carboxylic acids is 1. The SMILES string of the molecule is Cn1cnnc1CC1(c2cccc(N3Cc4c(cc(CN5CC6(CCNCC6)C5)cc4C(F)(F)F)C3=O)c2)COC1. The zero-order valence-corrected chi connectivity index (χ0v) is 23.0. The third kappa shape index (κ3) is 4.64. The summed E-state index contributed by atoms with van der Waals surface area (Å²) in [5.74, 6) is 0.425. The average Bonchev–Trinajstić information content (AvgIpc) is 3.47. The second kappa shape index (κ2) is 9.64. The molecular weight excluding hydrogens is 533 g/mol. The van der Waals surface area contributed by atoms with Gasteiger partial charge in [0.2, 0.25) is 0 Å². The highest BCUT2D eigenvalue weighted by molar-refractivity contribution is 6.10. The number of rotatable bonds is 6. The Balaban J connectivity index is 1.15. The Bertz CT molecular complexity index is 1480. The molecule has 7 rings (SSSR count). The van der Waals surface area contributed by atoms with E-state index in [2.05, 4.69) is 20.4 Å². The maximum absolute atomic E-state index is 14.3. The second-order valence-electron chi connectivity index (χ2n) is 12.3. The Hall–Kier alpha value is -3.28. The van der Waals surface area contributed by atoms with Crippen molar-refractivity contribution in [1.29, 1.82) is 0 Å². The van der Waals surface area contributed by atoms with Gasteiger partial charge in [-0.2, -0.15) is 13.2 Å². The first-order valence-electron chi connectivity index (χ1n) is 14.1. The molecular formula is C30H33F3N6O2. The first-order valence-corrected chi connectivity index (χ1v) is 14.1. The van der Waals surface area contributed by atoms with Crippen molar-refractivity contribution in [2.45, 2.75) is 43.9 Å². The summed E-state index contributed by atoms with van der Waals surface area (Å²) in [4.78, 5) is 17.3. The monoisotopic (exact) mass is 566 g/mol. The van der Waals surface area contributed by atoms with Crippen molar-refractivity contribution >= 4 is 11.6 Å². The molecule has 3 aromatic rings. The Morgan fingerprint density at radius 2 is 1.88 bits per heavy atom. The van der Waals surface area contributed by atoms with Gasteiger partial charge in [-0.1, -0.05) is 12.1 Å². The molecule has 0 atom stereocenters. The molecule has 0 saturated carbocycles. The fourth-order valence-corrected chi connectivity index (χ4v) is 7.06. The van der Waals surface area contributed by atoms with Crippen LogP contribution >= 0.6 is 0 Å². The van der Waals surface area contributed by atoms with Crippen LogP contribution in [0.15, 0.2) is 42.7 Å². The molecule has 2 aromatic carbocycles. The third-order valence-corrected chi connectivity index (χ3v) is 9.42. The summed E-state index contributed by atoms with van der Waals surface area (Å²) in [5, 5.41) is 11.6. The minimum absolute atomic E-state index is 0.0517. The summed E-state index contributed by atoms with van der Waals surface area (Å²) in [6.07, 6.45) is -0.0943. The molecule has 0 aliphatic carbocycles. The van der Waals surface area contributed by atoms with E-state index in [0.717, 1.165) is 50.4 Å². The van der Waals surface area contributed by atoms with Crippen LogP contribution < -0.4 is 10.2 Å². The minimum Gasteiger partial charge on any atom is -0.379 e. The first kappa shape index (κ1) is 26.6. The summed E-state index contributed by atoms with van der Waals surface area (Å²) in [5.41, 5.74) is 1.53. The summed E-state index contributed by atoms with van der Waals surface area (Å²) < 4.78 is 50.4. The number of likely N-dealkylation sites (tertiary alicyclic amines) is 1. The van der Waals surface area contributed by atoms with E-state index in [4.69, 9.17) is 4.74 Å². The van der Waals surface area contributed by atoms with Crippen LogP contribution in [-0.2, 0) is 42.9 Å². The quantitative estimate of drug-likeness (QED) is 0.491. The zero-order valence-electron chi connectivity index (χ0n) is 23.0. The highest BCUT2D eigenvalue weighted by Gasteiger charge is 2.45. The van der Waals surface area contributed by atoms with Crippen LogP contribution in [0.1, 0.15) is 51.3 Å². The molecule has 1 aromatic heterocycles. The van der Waals surface area contributed by atoms with Crippen LogP contribution in [0.2, 0.25) is 0 Å². The van der Waals surface area contributed by atoms with Gasteiger partial charge in [0.05, 0.1) is 25.3 Å². The molecule has 4 aliphatic heterocycles. The molecule has 3 saturated heterocycles. The van der Waals surface area contributed by atoms with Crippen molar-refractivity contribution in [3.05, 3.63) is 76.4 Å². The number of aromatic nitrogens is 3. The number of alkyl halides is 3. The van der Waals surface area contributed by atoms with Gasteiger partial charge in [0, 0.05) is 49.8 Å². The predicted molar refractivity (Wildman–Crippen MR) is 145 cm³/mol. The number of anilines is 1. The molecule has 8 nitrogen and oxygen atoms in total. The smallest absolute Gasteiger partial charge is 0.379 e. The number of nitrogens with one attached hydrogen (secondary N) is 1. The average molecular weight is 567 g/mol. The van der Waals surface area contributed by atoms with Crippen molar-refractivity contribution in [1.82, 2.24) is 25.0 Å². The van der Waals surface area contributed by atoms with Gasteiger partial charge < -0.3 is 19.5 Å². The molecule has 0 unspecified atom stereocenters. The van der Waals surface area contributed by atoms with Crippen molar-refractivity contribution < 1.29 is 22.7 Å². The molecule has 1 spiro atoms. The van der Waals surface area contributed by atoms with Crippen LogP contribution in [0.25, 0.3) is 0 Å². The number of fused-ring (bicyclic) bond motifs is 1. The lowest BCUT2D eigenvalue weighted by molar-refractivity contribution is -0.138. The summed E-state index contributed by atoms with van der Waals surface area (Å²) in [6.45, 7) is 5.05. The van der Waals surface area contributed by atoms with Gasteiger partial charge in [0.15, 0.2) is 0 Å². The number of piperidine rings is 1. The van der Waals surface area contributed by atoms with E-state index in [0.29, 0.717) is 37.4 Å².